The van der Waals surface area contributed by atoms with Crippen LogP contribution in [0.25, 0.3) is 0 Å². The average molecular weight is 373 g/mol. The van der Waals surface area contributed by atoms with Crippen LogP contribution < -0.4 is 4.74 Å². The third-order valence-corrected chi connectivity index (χ3v) is 5.35. The van der Waals surface area contributed by atoms with Crippen LogP contribution in [-0.2, 0) is 4.79 Å². The van der Waals surface area contributed by atoms with E-state index < -0.39 is 5.72 Å². The molecule has 0 saturated heterocycles. The zero-order valence-electron chi connectivity index (χ0n) is 9.24. The molecule has 2 aliphatic rings. The number of likely N-dealkylation sites (N-methyl/N-ethyl adjacent to an activating group) is 1. The molecule has 2 heterocycles. The molecule has 1 aromatic carbocycles. The van der Waals surface area contributed by atoms with E-state index in [0.29, 0.717) is 20.3 Å². The Kier molecular flexibility index (Phi) is 2.44. The number of para-hydroxylation sites is 1. The maximum Gasteiger partial charge on any atom is 0.283 e. The Morgan fingerprint density at radius 1 is 1.22 bits per heavy atom. The summed E-state index contributed by atoms with van der Waals surface area (Å²) in [6.45, 7) is 0. The number of rotatable bonds is 0. The Balaban J connectivity index is 2.22. The van der Waals surface area contributed by atoms with Crippen molar-refractivity contribution < 1.29 is 14.3 Å². The molecule has 92 valence electrons. The van der Waals surface area contributed by atoms with Crippen LogP contribution in [0.1, 0.15) is 10.4 Å². The van der Waals surface area contributed by atoms with Gasteiger partial charge in [0.2, 0.25) is 5.78 Å². The summed E-state index contributed by atoms with van der Waals surface area (Å²) in [5.41, 5.74) is -0.907. The molecule has 18 heavy (non-hydrogen) atoms. The molecule has 0 bridgehead atoms. The second-order valence-electron chi connectivity index (χ2n) is 4.06. The fourth-order valence-corrected chi connectivity index (χ4v) is 3.41. The van der Waals surface area contributed by atoms with Crippen LogP contribution >= 0.6 is 31.9 Å². The fourth-order valence-electron chi connectivity index (χ4n) is 2.18. The number of ketones is 1. The molecular weight excluding hydrogens is 366 g/mol. The zero-order chi connectivity index (χ0) is 13.1. The Hall–Kier alpha value is -1.14. The lowest BCUT2D eigenvalue weighted by Crippen LogP contribution is -2.53. The summed E-state index contributed by atoms with van der Waals surface area (Å²) in [5.74, 6) is -0.0420. The second-order valence-corrected chi connectivity index (χ2v) is 5.65. The van der Waals surface area contributed by atoms with Crippen LogP contribution in [0.5, 0.6) is 5.75 Å². The predicted octanol–water partition coefficient (Wildman–Crippen LogP) is 2.43. The molecule has 0 saturated carbocycles. The maximum absolute atomic E-state index is 12.5. The van der Waals surface area contributed by atoms with Gasteiger partial charge in [0.1, 0.15) is 5.75 Å². The molecular formula is C12H7Br2NO3. The van der Waals surface area contributed by atoms with Gasteiger partial charge in [0.05, 0.1) is 14.5 Å². The average Bonchev–Trinajstić information content (AvgIpc) is 2.77. The number of nitrogens with zero attached hydrogens (tertiary/aromatic N) is 1. The van der Waals surface area contributed by atoms with Crippen molar-refractivity contribution in [2.24, 2.45) is 0 Å². The Bertz CT molecular complexity index is 626. The van der Waals surface area contributed by atoms with E-state index in [2.05, 4.69) is 31.9 Å². The summed E-state index contributed by atoms with van der Waals surface area (Å²) in [7, 11) is 1.54. The van der Waals surface area contributed by atoms with Gasteiger partial charge < -0.3 is 4.74 Å². The molecule has 4 nitrogen and oxygen atoms in total. The number of benzene rings is 1. The van der Waals surface area contributed by atoms with Gasteiger partial charge in [0, 0.05) is 7.05 Å². The standard InChI is InChI=1S/C12H7Br2NO3/c1-15-11(17)8(13)9(14)12(15)10(16)6-4-2-3-5-7(6)18-12/h2-5H,1H3. The topological polar surface area (TPSA) is 46.6 Å². The molecule has 1 amide bonds. The molecule has 1 aromatic rings. The summed E-state index contributed by atoms with van der Waals surface area (Å²) in [6, 6.07) is 6.96. The number of halogens is 2. The van der Waals surface area contributed by atoms with Gasteiger partial charge in [0.15, 0.2) is 0 Å². The quantitative estimate of drug-likeness (QED) is 0.702. The molecule has 3 rings (SSSR count). The van der Waals surface area contributed by atoms with Crippen LogP contribution in [0.2, 0.25) is 0 Å². The molecule has 0 radical (unpaired) electrons. The van der Waals surface area contributed by atoms with E-state index in [0.717, 1.165) is 0 Å². The number of hydrogen-bond donors (Lipinski definition) is 0. The van der Waals surface area contributed by atoms with Crippen molar-refractivity contribution in [3.8, 4) is 5.75 Å². The van der Waals surface area contributed by atoms with Crippen molar-refractivity contribution in [2.75, 3.05) is 7.05 Å². The lowest BCUT2D eigenvalue weighted by atomic mass is 10.0. The first-order valence-electron chi connectivity index (χ1n) is 5.17. The summed E-state index contributed by atoms with van der Waals surface area (Å²) < 4.78 is 6.47. The van der Waals surface area contributed by atoms with E-state index >= 15 is 0 Å². The monoisotopic (exact) mass is 371 g/mol. The van der Waals surface area contributed by atoms with E-state index in [1.54, 1.807) is 31.3 Å². The van der Waals surface area contributed by atoms with Gasteiger partial charge >= 0.3 is 0 Å². The van der Waals surface area contributed by atoms with Crippen LogP contribution in [0.4, 0.5) is 0 Å². The van der Waals surface area contributed by atoms with Crippen molar-refractivity contribution in [1.29, 1.82) is 0 Å². The molecule has 2 aliphatic heterocycles. The second kappa shape index (κ2) is 3.68. The highest BCUT2D eigenvalue weighted by molar-refractivity contribution is 9.14. The summed E-state index contributed by atoms with van der Waals surface area (Å²) in [4.78, 5) is 25.8. The smallest absolute Gasteiger partial charge is 0.283 e. The molecule has 0 N–H and O–H groups in total. The maximum atomic E-state index is 12.5. The summed E-state index contributed by atoms with van der Waals surface area (Å²) in [5, 5.41) is 0. The van der Waals surface area contributed by atoms with E-state index in [1.807, 2.05) is 0 Å². The Labute approximate surface area is 120 Å². The minimum absolute atomic E-state index is 0.240. The van der Waals surface area contributed by atoms with Crippen molar-refractivity contribution in [1.82, 2.24) is 4.90 Å². The van der Waals surface area contributed by atoms with E-state index in [4.69, 9.17) is 4.74 Å². The normalized spacial score (nSPS) is 26.1. The Morgan fingerprint density at radius 2 is 1.89 bits per heavy atom. The van der Waals surface area contributed by atoms with E-state index in [1.165, 1.54) is 4.90 Å². The molecule has 1 atom stereocenters. The van der Waals surface area contributed by atoms with Crippen molar-refractivity contribution in [2.45, 2.75) is 5.72 Å². The van der Waals surface area contributed by atoms with Crippen molar-refractivity contribution in [3.05, 3.63) is 38.8 Å². The number of hydrogen-bond acceptors (Lipinski definition) is 3. The number of fused-ring (bicyclic) bond motifs is 1. The first-order chi connectivity index (χ1) is 8.50. The van der Waals surface area contributed by atoms with Crippen LogP contribution in [-0.4, -0.2) is 29.4 Å². The molecule has 1 unspecified atom stereocenters. The van der Waals surface area contributed by atoms with Gasteiger partial charge in [-0.1, -0.05) is 12.1 Å². The summed E-state index contributed by atoms with van der Waals surface area (Å²) >= 11 is 6.47. The fraction of sp³-hybridized carbons (Fsp3) is 0.167. The highest BCUT2D eigenvalue weighted by Gasteiger charge is 2.60. The Morgan fingerprint density at radius 3 is 2.44 bits per heavy atom. The van der Waals surface area contributed by atoms with Gasteiger partial charge in [0.25, 0.3) is 11.6 Å². The third-order valence-electron chi connectivity index (χ3n) is 3.15. The molecule has 6 heteroatoms. The predicted molar refractivity (Wildman–Crippen MR) is 71.8 cm³/mol. The lowest BCUT2D eigenvalue weighted by molar-refractivity contribution is -0.131. The SMILES string of the molecule is CN1C(=O)C(Br)=C(Br)C12Oc1ccccc1C2=O. The highest BCUT2D eigenvalue weighted by Crippen LogP contribution is 2.48. The van der Waals surface area contributed by atoms with Gasteiger partial charge in [-0.2, -0.15) is 0 Å². The zero-order valence-corrected chi connectivity index (χ0v) is 12.4. The molecule has 0 fully saturated rings. The van der Waals surface area contributed by atoms with E-state index in [9.17, 15) is 9.59 Å². The number of carbonyl (C=O) groups excluding carboxylic acids is 2. The minimum Gasteiger partial charge on any atom is -0.454 e. The van der Waals surface area contributed by atoms with Gasteiger partial charge in [-0.3, -0.25) is 14.5 Å². The molecule has 0 aromatic heterocycles. The van der Waals surface area contributed by atoms with Gasteiger partial charge in [-0.15, -0.1) is 0 Å². The number of carbonyl (C=O) groups is 2. The lowest BCUT2D eigenvalue weighted by Gasteiger charge is -2.30. The number of ether oxygens (including phenoxy) is 1. The largest absolute Gasteiger partial charge is 0.454 e. The van der Waals surface area contributed by atoms with Gasteiger partial charge in [-0.25, -0.2) is 0 Å². The molecule has 1 spiro atoms. The first kappa shape index (κ1) is 11.9. The molecule has 0 aliphatic carbocycles. The van der Waals surface area contributed by atoms with Crippen LogP contribution in [0.15, 0.2) is 33.2 Å². The number of Topliss-reactive ketones (excluding diaryl/α,β-unsaturated/α-hetero) is 1. The highest BCUT2D eigenvalue weighted by atomic mass is 79.9. The first-order valence-corrected chi connectivity index (χ1v) is 6.75. The van der Waals surface area contributed by atoms with Crippen LogP contribution in [0.3, 0.4) is 0 Å². The van der Waals surface area contributed by atoms with Gasteiger partial charge in [-0.05, 0) is 44.0 Å². The van der Waals surface area contributed by atoms with Crippen LogP contribution in [0, 0.1) is 0 Å². The third kappa shape index (κ3) is 1.20. The van der Waals surface area contributed by atoms with E-state index in [-0.39, 0.29) is 11.7 Å². The van der Waals surface area contributed by atoms with Crippen molar-refractivity contribution in [3.63, 3.8) is 0 Å². The minimum atomic E-state index is -1.39. The summed E-state index contributed by atoms with van der Waals surface area (Å²) in [6.07, 6.45) is 0. The van der Waals surface area contributed by atoms with Crippen molar-refractivity contribution >= 4 is 43.6 Å². The number of amides is 1.